The van der Waals surface area contributed by atoms with E-state index in [4.69, 9.17) is 10.5 Å². The maximum Gasteiger partial charge on any atom is 0.309 e. The average molecular weight is 566 g/mol. The van der Waals surface area contributed by atoms with Crippen LogP contribution in [0.15, 0.2) is 30.3 Å². The molecule has 0 spiro atoms. The third-order valence-corrected chi connectivity index (χ3v) is 8.01. The molecule has 1 aliphatic carbocycles. The summed E-state index contributed by atoms with van der Waals surface area (Å²) in [7, 11) is 0. The monoisotopic (exact) mass is 565 g/mol. The van der Waals surface area contributed by atoms with Crippen LogP contribution in [0.4, 0.5) is 14.5 Å². The zero-order chi connectivity index (χ0) is 29.9. The van der Waals surface area contributed by atoms with Gasteiger partial charge in [-0.25, -0.2) is 8.78 Å². The molecular formula is C32H37F2N3O4. The van der Waals surface area contributed by atoms with E-state index in [0.717, 1.165) is 0 Å². The number of anilines is 1. The molecule has 2 heterocycles. The van der Waals surface area contributed by atoms with Crippen molar-refractivity contribution in [3.8, 4) is 11.1 Å². The number of esters is 1. The van der Waals surface area contributed by atoms with Crippen molar-refractivity contribution >= 4 is 34.4 Å². The van der Waals surface area contributed by atoms with Gasteiger partial charge in [0.25, 0.3) is 5.91 Å². The van der Waals surface area contributed by atoms with Crippen LogP contribution in [-0.2, 0) is 16.0 Å². The summed E-state index contributed by atoms with van der Waals surface area (Å²) in [5.74, 6) is -2.74. The van der Waals surface area contributed by atoms with E-state index in [9.17, 15) is 18.8 Å². The van der Waals surface area contributed by atoms with E-state index >= 15 is 4.39 Å². The Kier molecular flexibility index (Phi) is 7.20. The Morgan fingerprint density at radius 1 is 1.05 bits per heavy atom. The highest BCUT2D eigenvalue weighted by Gasteiger charge is 2.36. The smallest absolute Gasteiger partial charge is 0.309 e. The number of aromatic nitrogens is 1. The van der Waals surface area contributed by atoms with Crippen LogP contribution >= 0.6 is 0 Å². The molecule has 1 fully saturated rings. The predicted molar refractivity (Wildman–Crippen MR) is 154 cm³/mol. The molecule has 3 aromatic rings. The van der Waals surface area contributed by atoms with E-state index in [1.807, 2.05) is 34.6 Å². The van der Waals surface area contributed by atoms with Gasteiger partial charge in [-0.15, -0.1) is 0 Å². The van der Waals surface area contributed by atoms with Gasteiger partial charge in [0.15, 0.2) is 0 Å². The van der Waals surface area contributed by atoms with E-state index < -0.39 is 23.1 Å². The van der Waals surface area contributed by atoms with Crippen LogP contribution in [0.3, 0.4) is 0 Å². The van der Waals surface area contributed by atoms with Gasteiger partial charge in [-0.1, -0.05) is 13.8 Å². The summed E-state index contributed by atoms with van der Waals surface area (Å²) in [4.78, 5) is 38.1. The van der Waals surface area contributed by atoms with Crippen LogP contribution in [0.1, 0.15) is 87.6 Å². The minimum atomic E-state index is -0.902. The van der Waals surface area contributed by atoms with Crippen molar-refractivity contribution in [1.29, 1.82) is 0 Å². The fourth-order valence-electron chi connectivity index (χ4n) is 6.29. The molecular weight excluding hydrogens is 528 g/mol. The van der Waals surface area contributed by atoms with E-state index in [1.54, 1.807) is 16.7 Å². The van der Waals surface area contributed by atoms with E-state index in [-0.39, 0.29) is 40.5 Å². The Labute approximate surface area is 238 Å². The molecule has 0 unspecified atom stereocenters. The molecule has 218 valence electrons. The van der Waals surface area contributed by atoms with Gasteiger partial charge in [0.05, 0.1) is 22.7 Å². The first kappa shape index (κ1) is 28.8. The van der Waals surface area contributed by atoms with Gasteiger partial charge in [0.1, 0.15) is 17.2 Å². The summed E-state index contributed by atoms with van der Waals surface area (Å²) in [6.45, 7) is 9.50. The van der Waals surface area contributed by atoms with Gasteiger partial charge < -0.3 is 15.8 Å². The molecule has 1 saturated carbocycles. The van der Waals surface area contributed by atoms with Crippen LogP contribution in [0.2, 0.25) is 0 Å². The lowest BCUT2D eigenvalue weighted by Crippen LogP contribution is -2.34. The van der Waals surface area contributed by atoms with E-state index in [0.29, 0.717) is 66.2 Å². The molecule has 1 aromatic heterocycles. The van der Waals surface area contributed by atoms with Gasteiger partial charge >= 0.3 is 5.97 Å². The fourth-order valence-corrected chi connectivity index (χ4v) is 6.29. The van der Waals surface area contributed by atoms with Crippen molar-refractivity contribution in [2.24, 2.45) is 17.1 Å². The number of nitrogens with one attached hydrogen (secondary N) is 1. The third kappa shape index (κ3) is 5.72. The number of benzene rings is 2. The molecule has 5 rings (SSSR count). The van der Waals surface area contributed by atoms with Crippen molar-refractivity contribution in [2.45, 2.75) is 84.8 Å². The molecule has 7 nitrogen and oxygen atoms in total. The summed E-state index contributed by atoms with van der Waals surface area (Å²) in [6, 6.07) is 7.09. The molecule has 0 radical (unpaired) electrons. The Hall–Kier alpha value is -3.75. The zero-order valence-corrected chi connectivity index (χ0v) is 24.2. The summed E-state index contributed by atoms with van der Waals surface area (Å²) in [6.07, 6.45) is 3.28. The maximum absolute atomic E-state index is 15.6. The quantitative estimate of drug-likeness (QED) is 0.339. The standard InChI is InChI=1S/C32H37F2N3O4/c1-31(2,3)41-30(40)17-6-9-20(10-7-17)36-23-13-18(12-22(34)28(23)29(35)39)27-21-11-8-19(33)14-24(21)37-25(27)15-32(4,5)16-26(37)38/h8,11-14,17,20,36H,6-7,9-10,15-16H2,1-5H3,(H2,35,39)/t17-,20-. The average Bonchev–Trinajstić information content (AvgIpc) is 3.15. The van der Waals surface area contributed by atoms with Crippen molar-refractivity contribution < 1.29 is 27.9 Å². The number of hydrogen-bond acceptors (Lipinski definition) is 5. The highest BCUT2D eigenvalue weighted by Crippen LogP contribution is 2.44. The molecule has 2 aromatic carbocycles. The number of rotatable bonds is 5. The Morgan fingerprint density at radius 2 is 1.73 bits per heavy atom. The van der Waals surface area contributed by atoms with Crippen molar-refractivity contribution in [3.63, 3.8) is 0 Å². The van der Waals surface area contributed by atoms with Crippen LogP contribution in [0, 0.1) is 23.0 Å². The van der Waals surface area contributed by atoms with Gasteiger partial charge in [-0.2, -0.15) is 0 Å². The summed E-state index contributed by atoms with van der Waals surface area (Å²) < 4.78 is 37.0. The second-order valence-electron chi connectivity index (χ2n) is 13.2. The molecule has 1 aliphatic heterocycles. The number of amides is 1. The molecule has 2 aliphatic rings. The number of carbonyl (C=O) groups is 3. The molecule has 0 atom stereocenters. The first-order chi connectivity index (χ1) is 19.1. The Bertz CT molecular complexity index is 1560. The minimum absolute atomic E-state index is 0.115. The number of carbonyl (C=O) groups excluding carboxylic acids is 3. The number of halogens is 2. The molecule has 3 N–H and O–H groups in total. The number of fused-ring (bicyclic) bond motifs is 3. The molecule has 0 saturated heterocycles. The van der Waals surface area contributed by atoms with Crippen LogP contribution in [0.25, 0.3) is 22.0 Å². The lowest BCUT2D eigenvalue weighted by atomic mass is 9.80. The van der Waals surface area contributed by atoms with Crippen LogP contribution < -0.4 is 11.1 Å². The normalized spacial score (nSPS) is 20.5. The first-order valence-corrected chi connectivity index (χ1v) is 14.1. The second kappa shape index (κ2) is 10.3. The maximum atomic E-state index is 15.6. The molecule has 0 bridgehead atoms. The fraction of sp³-hybridized carbons (Fsp3) is 0.469. The molecule has 41 heavy (non-hydrogen) atoms. The number of nitrogens with two attached hydrogens (primary N) is 1. The van der Waals surface area contributed by atoms with E-state index in [2.05, 4.69) is 5.32 Å². The molecule has 9 heteroatoms. The minimum Gasteiger partial charge on any atom is -0.460 e. The van der Waals surface area contributed by atoms with Crippen LogP contribution in [-0.4, -0.2) is 34.0 Å². The lowest BCUT2D eigenvalue weighted by Gasteiger charge is -2.31. The molecule has 1 amide bonds. The summed E-state index contributed by atoms with van der Waals surface area (Å²) in [5.41, 5.74) is 6.93. The largest absolute Gasteiger partial charge is 0.460 e. The van der Waals surface area contributed by atoms with E-state index in [1.165, 1.54) is 18.2 Å². The summed E-state index contributed by atoms with van der Waals surface area (Å²) >= 11 is 0. The number of primary amides is 1. The number of hydrogen-bond donors (Lipinski definition) is 2. The second-order valence-corrected chi connectivity index (χ2v) is 13.2. The van der Waals surface area contributed by atoms with Crippen molar-refractivity contribution in [3.05, 3.63) is 53.2 Å². The van der Waals surface area contributed by atoms with Crippen molar-refractivity contribution in [1.82, 2.24) is 4.57 Å². The van der Waals surface area contributed by atoms with Gasteiger partial charge in [-0.05, 0) is 94.2 Å². The SMILES string of the molecule is CC1(C)CC(=O)n2c(c(-c3cc(F)c(C(N)=O)c(N[C@H]4CC[C@H](C(=O)OC(C)(C)C)CC4)c3)c3ccc(F)cc32)C1. The topological polar surface area (TPSA) is 103 Å². The number of nitrogens with zero attached hydrogens (tertiary/aromatic N) is 1. The van der Waals surface area contributed by atoms with Crippen molar-refractivity contribution in [2.75, 3.05) is 5.32 Å². The number of ether oxygens (including phenoxy) is 1. The van der Waals surface area contributed by atoms with Gasteiger partial charge in [-0.3, -0.25) is 19.0 Å². The predicted octanol–water partition coefficient (Wildman–Crippen LogP) is 6.61. The van der Waals surface area contributed by atoms with Crippen LogP contribution in [0.5, 0.6) is 0 Å². The zero-order valence-electron chi connectivity index (χ0n) is 24.2. The highest BCUT2D eigenvalue weighted by atomic mass is 19.1. The summed E-state index contributed by atoms with van der Waals surface area (Å²) in [5, 5.41) is 3.94. The van der Waals surface area contributed by atoms with Gasteiger partial charge in [0.2, 0.25) is 5.91 Å². The van der Waals surface area contributed by atoms with Gasteiger partial charge in [0, 0.05) is 29.1 Å². The lowest BCUT2D eigenvalue weighted by molar-refractivity contribution is -0.161. The Balaban J connectivity index is 1.53. The Morgan fingerprint density at radius 3 is 2.37 bits per heavy atom. The first-order valence-electron chi connectivity index (χ1n) is 14.1. The highest BCUT2D eigenvalue weighted by molar-refractivity contribution is 6.06. The third-order valence-electron chi connectivity index (χ3n) is 8.01.